The maximum Gasteiger partial charge on any atom is 0.339 e. The second kappa shape index (κ2) is 8.38. The second-order valence-electron chi connectivity index (χ2n) is 10.1. The number of aliphatic hydroxyl groups is 1. The van der Waals surface area contributed by atoms with E-state index in [1.54, 1.807) is 30.3 Å². The molecule has 2 N–H and O–H groups in total. The summed E-state index contributed by atoms with van der Waals surface area (Å²) in [5, 5.41) is 22.6. The number of ether oxygens (including phenoxy) is 2. The van der Waals surface area contributed by atoms with E-state index in [-0.39, 0.29) is 28.2 Å². The predicted octanol–water partition coefficient (Wildman–Crippen LogP) is 6.38. The third-order valence-corrected chi connectivity index (χ3v) is 7.94. The molecule has 2 aliphatic heterocycles. The fourth-order valence-corrected chi connectivity index (χ4v) is 5.87. The van der Waals surface area contributed by atoms with Gasteiger partial charge in [0.1, 0.15) is 29.1 Å². The summed E-state index contributed by atoms with van der Waals surface area (Å²) in [5.41, 5.74) is 1.25. The van der Waals surface area contributed by atoms with Gasteiger partial charge in [0, 0.05) is 28.9 Å². The van der Waals surface area contributed by atoms with Crippen molar-refractivity contribution < 1.29 is 29.3 Å². The summed E-state index contributed by atoms with van der Waals surface area (Å²) in [4.78, 5) is 25.5. The molecule has 7 heteroatoms. The number of carbonyl (C=O) groups is 2. The summed E-state index contributed by atoms with van der Waals surface area (Å²) in [6.07, 6.45) is 3.52. The zero-order chi connectivity index (χ0) is 26.1. The Bertz CT molecular complexity index is 1550. The highest BCUT2D eigenvalue weighted by Gasteiger charge is 2.59. The van der Waals surface area contributed by atoms with Crippen molar-refractivity contribution in [2.75, 3.05) is 0 Å². The molecule has 3 unspecified atom stereocenters. The first kappa shape index (κ1) is 23.6. The van der Waals surface area contributed by atoms with Crippen LogP contribution in [0.4, 0.5) is 0 Å². The van der Waals surface area contributed by atoms with E-state index in [2.05, 4.69) is 0 Å². The summed E-state index contributed by atoms with van der Waals surface area (Å²) < 4.78 is 12.8. The Morgan fingerprint density at radius 2 is 1.86 bits per heavy atom. The van der Waals surface area contributed by atoms with Crippen LogP contribution in [0.3, 0.4) is 0 Å². The van der Waals surface area contributed by atoms with Crippen LogP contribution in [0.15, 0.2) is 72.0 Å². The van der Waals surface area contributed by atoms with E-state index in [4.69, 9.17) is 21.1 Å². The van der Waals surface area contributed by atoms with E-state index in [1.165, 1.54) is 0 Å². The summed E-state index contributed by atoms with van der Waals surface area (Å²) in [7, 11) is 0. The number of allylic oxidation sites excluding steroid dienone is 1. The number of benzene rings is 3. The van der Waals surface area contributed by atoms with Crippen LogP contribution in [-0.4, -0.2) is 28.1 Å². The molecule has 0 saturated carbocycles. The van der Waals surface area contributed by atoms with Crippen molar-refractivity contribution in [3.8, 4) is 11.5 Å². The van der Waals surface area contributed by atoms with Gasteiger partial charge < -0.3 is 19.7 Å². The number of hydrogen-bond donors (Lipinski definition) is 2. The van der Waals surface area contributed by atoms with E-state index in [1.807, 2.05) is 44.2 Å². The Morgan fingerprint density at radius 3 is 2.65 bits per heavy atom. The fourth-order valence-electron chi connectivity index (χ4n) is 5.71. The number of carbonyl (C=O) groups excluding carboxylic acids is 2. The van der Waals surface area contributed by atoms with Crippen molar-refractivity contribution in [1.82, 2.24) is 0 Å². The third kappa shape index (κ3) is 3.46. The highest BCUT2D eigenvalue weighted by atomic mass is 35.5. The molecular formula is C30H25ClO6. The van der Waals surface area contributed by atoms with Gasteiger partial charge in [-0.3, -0.25) is 4.79 Å². The van der Waals surface area contributed by atoms with Crippen molar-refractivity contribution in [1.29, 1.82) is 0 Å². The molecule has 37 heavy (non-hydrogen) atoms. The Labute approximate surface area is 218 Å². The number of phenolic OH excluding ortho intramolecular Hbond substituents is 1. The first-order valence-electron chi connectivity index (χ1n) is 12.3. The van der Waals surface area contributed by atoms with Gasteiger partial charge in [-0.05, 0) is 41.7 Å². The predicted molar refractivity (Wildman–Crippen MR) is 139 cm³/mol. The van der Waals surface area contributed by atoms with Crippen LogP contribution in [0.25, 0.3) is 10.8 Å². The average molecular weight is 517 g/mol. The van der Waals surface area contributed by atoms with Gasteiger partial charge in [0.2, 0.25) is 0 Å². The van der Waals surface area contributed by atoms with Gasteiger partial charge in [-0.1, -0.05) is 61.9 Å². The van der Waals surface area contributed by atoms with Crippen LogP contribution in [0.1, 0.15) is 48.2 Å². The molecule has 188 valence electrons. The number of fused-ring (bicyclic) bond motifs is 8. The SMILES string of the molecule is CC(C)C(=O)CCC1=CC2C(C=C1O)Oc1c(ccc3cc(O)c(Cl)cc13)C21OC(=O)c2ccccc21. The molecule has 6 rings (SSSR count). The lowest BCUT2D eigenvalue weighted by molar-refractivity contribution is -0.121. The van der Waals surface area contributed by atoms with Gasteiger partial charge in [0.25, 0.3) is 0 Å². The van der Waals surface area contributed by atoms with Crippen molar-refractivity contribution in [2.24, 2.45) is 11.8 Å². The molecule has 0 aromatic heterocycles. The van der Waals surface area contributed by atoms with E-state index < -0.39 is 23.6 Å². The smallest absolute Gasteiger partial charge is 0.339 e. The lowest BCUT2D eigenvalue weighted by atomic mass is 9.68. The first-order chi connectivity index (χ1) is 17.7. The number of ketones is 1. The molecule has 3 aromatic rings. The molecule has 1 aliphatic carbocycles. The molecule has 6 nitrogen and oxygen atoms in total. The van der Waals surface area contributed by atoms with Gasteiger partial charge >= 0.3 is 5.97 Å². The largest absolute Gasteiger partial charge is 0.508 e. The van der Waals surface area contributed by atoms with Gasteiger partial charge in [-0.15, -0.1) is 0 Å². The topological polar surface area (TPSA) is 93.1 Å². The highest BCUT2D eigenvalue weighted by Crippen LogP contribution is 2.58. The molecule has 0 radical (unpaired) electrons. The van der Waals surface area contributed by atoms with Crippen molar-refractivity contribution in [3.05, 3.63) is 93.7 Å². The van der Waals surface area contributed by atoms with Crippen molar-refractivity contribution >= 4 is 34.1 Å². The number of rotatable bonds is 4. The maximum absolute atomic E-state index is 13.2. The maximum atomic E-state index is 13.2. The number of aliphatic hydroxyl groups excluding tert-OH is 1. The third-order valence-electron chi connectivity index (χ3n) is 7.63. The van der Waals surface area contributed by atoms with Crippen LogP contribution < -0.4 is 4.74 Å². The number of halogens is 1. The molecule has 1 spiro atoms. The van der Waals surface area contributed by atoms with Crippen LogP contribution in [0, 0.1) is 11.8 Å². The van der Waals surface area contributed by atoms with Gasteiger partial charge in [-0.25, -0.2) is 4.79 Å². The lowest BCUT2D eigenvalue weighted by Crippen LogP contribution is -2.49. The minimum Gasteiger partial charge on any atom is -0.508 e. The summed E-state index contributed by atoms with van der Waals surface area (Å²) in [6, 6.07) is 14.2. The van der Waals surface area contributed by atoms with E-state index in [0.717, 1.165) is 0 Å². The zero-order valence-corrected chi connectivity index (χ0v) is 21.1. The fraction of sp³-hybridized carbons (Fsp3) is 0.267. The van der Waals surface area contributed by atoms with Crippen LogP contribution in [0.5, 0.6) is 11.5 Å². The van der Waals surface area contributed by atoms with Crippen LogP contribution in [-0.2, 0) is 15.1 Å². The van der Waals surface area contributed by atoms with E-state index >= 15 is 0 Å². The zero-order valence-electron chi connectivity index (χ0n) is 20.3. The molecule has 0 fully saturated rings. The molecule has 3 aliphatic rings. The second-order valence-corrected chi connectivity index (χ2v) is 10.5. The van der Waals surface area contributed by atoms with Crippen LogP contribution in [0.2, 0.25) is 5.02 Å². The Balaban J connectivity index is 1.58. The van der Waals surface area contributed by atoms with Crippen molar-refractivity contribution in [3.63, 3.8) is 0 Å². The normalized spacial score (nSPS) is 23.6. The highest BCUT2D eigenvalue weighted by molar-refractivity contribution is 6.33. The summed E-state index contributed by atoms with van der Waals surface area (Å²) >= 11 is 6.27. The Kier molecular flexibility index (Phi) is 5.35. The number of esters is 1. The Morgan fingerprint density at radius 1 is 1.08 bits per heavy atom. The molecule has 2 heterocycles. The minimum atomic E-state index is -1.21. The number of Topliss-reactive ketones (excluding diaryl/α,β-unsaturated/α-hetero) is 1. The number of hydrogen-bond acceptors (Lipinski definition) is 6. The molecular weight excluding hydrogens is 492 g/mol. The molecule has 3 aromatic carbocycles. The molecule has 3 atom stereocenters. The molecule has 0 amide bonds. The number of aromatic hydroxyl groups is 1. The van der Waals surface area contributed by atoms with E-state index in [9.17, 15) is 19.8 Å². The Hall–Kier alpha value is -3.77. The standard InChI is InChI=1S/C30H25ClO6/c1-15(2)24(32)10-8-17-11-22-27(14-25(17)33)36-28-19-13-23(31)26(34)12-16(19)7-9-21(28)30(22)20-6-4-3-5-18(20)29(35)37-30/h3-7,9,11-15,22,27,33-34H,8,10H2,1-2H3. The number of phenols is 1. The average Bonchev–Trinajstić information content (AvgIpc) is 3.16. The summed E-state index contributed by atoms with van der Waals surface area (Å²) in [5.74, 6) is -0.436. The van der Waals surface area contributed by atoms with Gasteiger partial charge in [-0.2, -0.15) is 0 Å². The van der Waals surface area contributed by atoms with Crippen LogP contribution >= 0.6 is 11.6 Å². The van der Waals surface area contributed by atoms with E-state index in [0.29, 0.717) is 51.6 Å². The quantitative estimate of drug-likeness (QED) is 0.391. The minimum absolute atomic E-state index is 0.0462. The molecule has 0 saturated heterocycles. The molecule has 0 bridgehead atoms. The lowest BCUT2D eigenvalue weighted by Gasteiger charge is -2.45. The monoisotopic (exact) mass is 516 g/mol. The van der Waals surface area contributed by atoms with Gasteiger partial charge in [0.05, 0.1) is 16.5 Å². The van der Waals surface area contributed by atoms with Gasteiger partial charge in [0.15, 0.2) is 5.60 Å². The van der Waals surface area contributed by atoms with Crippen molar-refractivity contribution in [2.45, 2.75) is 38.4 Å². The summed E-state index contributed by atoms with van der Waals surface area (Å²) in [6.45, 7) is 3.71. The first-order valence-corrected chi connectivity index (χ1v) is 12.7.